The van der Waals surface area contributed by atoms with Gasteiger partial charge in [-0.3, -0.25) is 9.48 Å². The first-order valence-corrected chi connectivity index (χ1v) is 11.2. The molecule has 0 aliphatic heterocycles. The molecule has 0 saturated heterocycles. The Balaban J connectivity index is 1.60. The third-order valence-electron chi connectivity index (χ3n) is 6.11. The van der Waals surface area contributed by atoms with Crippen molar-refractivity contribution in [3.8, 4) is 22.7 Å². The highest BCUT2D eigenvalue weighted by Gasteiger charge is 2.26. The van der Waals surface area contributed by atoms with Crippen molar-refractivity contribution in [2.45, 2.75) is 51.9 Å². The van der Waals surface area contributed by atoms with Crippen molar-refractivity contribution >= 4 is 16.7 Å². The molecular weight excluding hydrogens is 416 g/mol. The standard InChI is InChI=1S/C26H28N4O3/c1-17(31)26(2,3)32-16-20-14-24(18-7-5-9-22(13-18)33-21-11-12-21)30(28-20)23-10-6-8-19-15-27-29(4)25(19)23/h5-10,13-15,21H,11-12,16H2,1-4H3. The third-order valence-corrected chi connectivity index (χ3v) is 6.11. The molecule has 0 spiro atoms. The van der Waals surface area contributed by atoms with E-state index in [1.165, 1.54) is 0 Å². The largest absolute Gasteiger partial charge is 0.490 e. The Hall–Kier alpha value is -3.45. The maximum absolute atomic E-state index is 11.9. The number of Topliss-reactive ketones (excluding diaryl/α,β-unsaturated/α-hetero) is 1. The zero-order valence-corrected chi connectivity index (χ0v) is 19.4. The molecule has 0 radical (unpaired) electrons. The summed E-state index contributed by atoms with van der Waals surface area (Å²) < 4.78 is 15.7. The van der Waals surface area contributed by atoms with Gasteiger partial charge in [0.2, 0.25) is 0 Å². The molecule has 170 valence electrons. The first kappa shape index (κ1) is 21.4. The van der Waals surface area contributed by atoms with Gasteiger partial charge in [0.15, 0.2) is 5.78 Å². The molecule has 2 aromatic heterocycles. The minimum atomic E-state index is -0.871. The lowest BCUT2D eigenvalue weighted by Gasteiger charge is -2.21. The Morgan fingerprint density at radius 1 is 1.15 bits per heavy atom. The van der Waals surface area contributed by atoms with Gasteiger partial charge in [-0.1, -0.05) is 24.3 Å². The van der Waals surface area contributed by atoms with Crippen molar-refractivity contribution in [2.24, 2.45) is 7.05 Å². The zero-order chi connectivity index (χ0) is 23.2. The molecule has 2 heterocycles. The van der Waals surface area contributed by atoms with E-state index in [4.69, 9.17) is 14.6 Å². The summed E-state index contributed by atoms with van der Waals surface area (Å²) >= 11 is 0. The van der Waals surface area contributed by atoms with Crippen molar-refractivity contribution in [1.29, 1.82) is 0 Å². The lowest BCUT2D eigenvalue weighted by molar-refractivity contribution is -0.139. The van der Waals surface area contributed by atoms with Gasteiger partial charge in [-0.25, -0.2) is 4.68 Å². The first-order chi connectivity index (χ1) is 15.8. The second-order valence-electron chi connectivity index (χ2n) is 9.12. The van der Waals surface area contributed by atoms with E-state index < -0.39 is 5.60 Å². The van der Waals surface area contributed by atoms with Crippen LogP contribution in [0.1, 0.15) is 39.3 Å². The second kappa shape index (κ2) is 8.15. The molecule has 1 saturated carbocycles. The van der Waals surface area contributed by atoms with Crippen molar-refractivity contribution < 1.29 is 14.3 Å². The van der Waals surface area contributed by atoms with E-state index in [2.05, 4.69) is 17.2 Å². The van der Waals surface area contributed by atoms with Crippen LogP contribution in [0, 0.1) is 0 Å². The summed E-state index contributed by atoms with van der Waals surface area (Å²) in [6, 6.07) is 16.2. The van der Waals surface area contributed by atoms with Gasteiger partial charge in [0, 0.05) is 18.0 Å². The van der Waals surface area contributed by atoms with E-state index >= 15 is 0 Å². The molecule has 7 nitrogen and oxygen atoms in total. The maximum atomic E-state index is 11.9. The van der Waals surface area contributed by atoms with Crippen molar-refractivity contribution in [3.05, 3.63) is 60.4 Å². The second-order valence-corrected chi connectivity index (χ2v) is 9.12. The van der Waals surface area contributed by atoms with Gasteiger partial charge >= 0.3 is 0 Å². The number of para-hydroxylation sites is 1. The minimum Gasteiger partial charge on any atom is -0.490 e. The highest BCUT2D eigenvalue weighted by molar-refractivity contribution is 5.87. The predicted octanol–water partition coefficient (Wildman–Crippen LogP) is 4.85. The monoisotopic (exact) mass is 444 g/mol. The van der Waals surface area contributed by atoms with Crippen molar-refractivity contribution in [1.82, 2.24) is 19.6 Å². The van der Waals surface area contributed by atoms with Crippen LogP contribution in [0.5, 0.6) is 5.75 Å². The van der Waals surface area contributed by atoms with Crippen LogP contribution in [-0.2, 0) is 23.2 Å². The van der Waals surface area contributed by atoms with E-state index in [0.717, 1.165) is 52.1 Å². The van der Waals surface area contributed by atoms with Crippen LogP contribution >= 0.6 is 0 Å². The fourth-order valence-electron chi connectivity index (χ4n) is 3.74. The van der Waals surface area contributed by atoms with E-state index in [1.807, 2.05) is 59.0 Å². The molecule has 0 unspecified atom stereocenters. The number of carbonyl (C=O) groups is 1. The van der Waals surface area contributed by atoms with Crippen molar-refractivity contribution in [3.63, 3.8) is 0 Å². The maximum Gasteiger partial charge on any atom is 0.161 e. The van der Waals surface area contributed by atoms with Gasteiger partial charge in [-0.05, 0) is 57.9 Å². The van der Waals surface area contributed by atoms with Crippen molar-refractivity contribution in [2.75, 3.05) is 0 Å². The van der Waals surface area contributed by atoms with E-state index in [1.54, 1.807) is 20.8 Å². The number of hydrogen-bond donors (Lipinski definition) is 0. The average molecular weight is 445 g/mol. The van der Waals surface area contributed by atoms with Gasteiger partial charge < -0.3 is 9.47 Å². The van der Waals surface area contributed by atoms with Crippen LogP contribution in [0.3, 0.4) is 0 Å². The number of hydrogen-bond acceptors (Lipinski definition) is 5. The Morgan fingerprint density at radius 3 is 2.70 bits per heavy atom. The van der Waals surface area contributed by atoms with E-state index in [-0.39, 0.29) is 12.4 Å². The number of aryl methyl sites for hydroxylation is 1. The third kappa shape index (κ3) is 4.28. The number of nitrogens with zero attached hydrogens (tertiary/aromatic N) is 4. The fourth-order valence-corrected chi connectivity index (χ4v) is 3.74. The number of ether oxygens (including phenoxy) is 2. The summed E-state index contributed by atoms with van der Waals surface area (Å²) in [5.41, 5.74) is 3.70. The average Bonchev–Trinajstić information content (AvgIpc) is 3.37. The highest BCUT2D eigenvalue weighted by atomic mass is 16.5. The zero-order valence-electron chi connectivity index (χ0n) is 19.4. The molecule has 1 aliphatic carbocycles. The number of ketones is 1. The summed E-state index contributed by atoms with van der Waals surface area (Å²) in [5, 5.41) is 10.4. The van der Waals surface area contributed by atoms with Gasteiger partial charge in [-0.15, -0.1) is 0 Å². The molecule has 0 atom stereocenters. The van der Waals surface area contributed by atoms with Crippen LogP contribution in [0.4, 0.5) is 0 Å². The normalized spacial score (nSPS) is 14.1. The van der Waals surface area contributed by atoms with Gasteiger partial charge in [0.05, 0.1) is 41.5 Å². The summed E-state index contributed by atoms with van der Waals surface area (Å²) in [4.78, 5) is 11.9. The molecule has 1 aliphatic rings. The van der Waals surface area contributed by atoms with E-state index in [9.17, 15) is 4.79 Å². The Bertz CT molecular complexity index is 1330. The molecule has 33 heavy (non-hydrogen) atoms. The fraction of sp³-hybridized carbons (Fsp3) is 0.346. The Morgan fingerprint density at radius 2 is 1.94 bits per heavy atom. The van der Waals surface area contributed by atoms with Gasteiger partial charge in [0.25, 0.3) is 0 Å². The molecular formula is C26H28N4O3. The molecule has 4 aromatic rings. The number of aromatic nitrogens is 4. The molecule has 5 rings (SSSR count). The number of benzene rings is 2. The Kier molecular flexibility index (Phi) is 5.29. The predicted molar refractivity (Wildman–Crippen MR) is 126 cm³/mol. The lowest BCUT2D eigenvalue weighted by atomic mass is 10.1. The van der Waals surface area contributed by atoms with Crippen LogP contribution in [-0.4, -0.2) is 37.0 Å². The van der Waals surface area contributed by atoms with Crippen LogP contribution in [0.2, 0.25) is 0 Å². The van der Waals surface area contributed by atoms with E-state index in [0.29, 0.717) is 6.10 Å². The first-order valence-electron chi connectivity index (χ1n) is 11.2. The molecule has 0 bridgehead atoms. The van der Waals surface area contributed by atoms with Crippen LogP contribution in [0.15, 0.2) is 54.7 Å². The van der Waals surface area contributed by atoms with Crippen LogP contribution in [0.25, 0.3) is 27.8 Å². The topological polar surface area (TPSA) is 71.2 Å². The smallest absolute Gasteiger partial charge is 0.161 e. The quantitative estimate of drug-likeness (QED) is 0.388. The minimum absolute atomic E-state index is 0.0215. The number of carbonyl (C=O) groups excluding carboxylic acids is 1. The molecule has 2 aromatic carbocycles. The van der Waals surface area contributed by atoms with Gasteiger partial charge in [-0.2, -0.15) is 10.2 Å². The molecule has 0 amide bonds. The highest BCUT2D eigenvalue weighted by Crippen LogP contribution is 2.33. The molecule has 0 N–H and O–H groups in total. The number of rotatable bonds is 8. The Labute approximate surface area is 192 Å². The SMILES string of the molecule is CC(=O)C(C)(C)OCc1cc(-c2cccc(OC3CC3)c2)n(-c2cccc3cnn(C)c23)n1. The molecule has 7 heteroatoms. The molecule has 1 fully saturated rings. The summed E-state index contributed by atoms with van der Waals surface area (Å²) in [6.07, 6.45) is 4.40. The summed E-state index contributed by atoms with van der Waals surface area (Å²) in [7, 11) is 1.93. The lowest BCUT2D eigenvalue weighted by Crippen LogP contribution is -2.32. The van der Waals surface area contributed by atoms with Gasteiger partial charge in [0.1, 0.15) is 11.4 Å². The van der Waals surface area contributed by atoms with Crippen LogP contribution < -0.4 is 4.74 Å². The summed E-state index contributed by atoms with van der Waals surface area (Å²) in [6.45, 7) is 5.33. The number of fused-ring (bicyclic) bond motifs is 1. The summed E-state index contributed by atoms with van der Waals surface area (Å²) in [5.74, 6) is 0.837.